The lowest BCUT2D eigenvalue weighted by Crippen LogP contribution is -2.75. The van der Waals surface area contributed by atoms with Crippen LogP contribution >= 0.6 is 0 Å². The molecule has 1 aromatic heterocycles. The minimum absolute atomic E-state index is 0.0240. The molecule has 3 amide bonds. The first-order valence-corrected chi connectivity index (χ1v) is 14.5. The van der Waals surface area contributed by atoms with Gasteiger partial charge in [-0.05, 0) is 61.8 Å². The normalized spacial score (nSPS) is 21.0. The van der Waals surface area contributed by atoms with Crippen molar-refractivity contribution >= 4 is 34.8 Å². The standard InChI is InChI=1S/C31H33N5O8/c1-19-18-44-31(41)34(19)28-25(13-11-21-15-16-32-24-10-6-5-9-23(21)24)35(29(28)38)27(30(39)40)22(12-14-26(37)33-36(42)43)17-20-7-3-2-4-8-20/h2-10,15-16,19,22,25,27-28H,11-14,17-18H2,1H3,(H,33,37)(H,39,40)/t19-,22-,25?,27?,28?/m0/s1. The molecular formula is C31H33N5O8. The maximum atomic E-state index is 13.9. The van der Waals surface area contributed by atoms with Gasteiger partial charge in [-0.15, -0.1) is 0 Å². The second-order valence-electron chi connectivity index (χ2n) is 11.2. The first-order chi connectivity index (χ1) is 21.2. The van der Waals surface area contributed by atoms with Crippen LogP contribution in [0.25, 0.3) is 10.9 Å². The van der Waals surface area contributed by atoms with E-state index in [1.807, 2.05) is 48.5 Å². The van der Waals surface area contributed by atoms with Crippen molar-refractivity contribution in [2.75, 3.05) is 6.61 Å². The second-order valence-corrected chi connectivity index (χ2v) is 11.2. The molecule has 13 nitrogen and oxygen atoms in total. The Morgan fingerprint density at radius 2 is 1.86 bits per heavy atom. The number of benzene rings is 2. The number of carbonyl (C=O) groups excluding carboxylic acids is 3. The van der Waals surface area contributed by atoms with E-state index in [4.69, 9.17) is 4.74 Å². The first kappa shape index (κ1) is 30.4. The third-order valence-corrected chi connectivity index (χ3v) is 8.41. The summed E-state index contributed by atoms with van der Waals surface area (Å²) in [5, 5.41) is 21.4. The minimum atomic E-state index is -1.35. The van der Waals surface area contributed by atoms with Gasteiger partial charge >= 0.3 is 12.1 Å². The molecule has 3 aromatic rings. The van der Waals surface area contributed by atoms with Gasteiger partial charge in [0.15, 0.2) is 5.03 Å². The maximum absolute atomic E-state index is 13.9. The van der Waals surface area contributed by atoms with Crippen molar-refractivity contribution in [2.24, 2.45) is 5.92 Å². The number of aliphatic carboxylic acids is 1. The molecule has 5 rings (SSSR count). The molecule has 3 unspecified atom stereocenters. The van der Waals surface area contributed by atoms with Crippen LogP contribution in [0.5, 0.6) is 0 Å². The Hall–Kier alpha value is -5.07. The molecule has 2 N–H and O–H groups in total. The number of rotatable bonds is 13. The summed E-state index contributed by atoms with van der Waals surface area (Å²) in [6, 6.07) is 15.3. The third-order valence-electron chi connectivity index (χ3n) is 8.41. The molecule has 2 aliphatic rings. The van der Waals surface area contributed by atoms with Crippen molar-refractivity contribution in [1.29, 1.82) is 0 Å². The van der Waals surface area contributed by atoms with Crippen molar-refractivity contribution in [3.05, 3.63) is 88.1 Å². The van der Waals surface area contributed by atoms with Gasteiger partial charge in [0.05, 0.1) is 17.6 Å². The third kappa shape index (κ3) is 6.31. The number of hydrogen-bond acceptors (Lipinski definition) is 8. The Balaban J connectivity index is 1.47. The summed E-state index contributed by atoms with van der Waals surface area (Å²) in [5.74, 6) is -3.39. The fourth-order valence-electron chi connectivity index (χ4n) is 6.40. The predicted molar refractivity (Wildman–Crippen MR) is 157 cm³/mol. The molecule has 13 heteroatoms. The SMILES string of the molecule is C[C@H]1COC(=O)N1C1C(=O)N(C(C(=O)O)[C@@H](CCC(=O)N[N+](=O)[O-])Cc2ccccc2)C1CCc1ccnc2ccccc12. The average Bonchev–Trinajstić information content (AvgIpc) is 3.32. The molecule has 0 aliphatic carbocycles. The molecule has 2 aromatic carbocycles. The second kappa shape index (κ2) is 13.1. The van der Waals surface area contributed by atoms with Gasteiger partial charge in [-0.2, -0.15) is 0 Å². The highest BCUT2D eigenvalue weighted by molar-refractivity contribution is 5.96. The highest BCUT2D eigenvalue weighted by atomic mass is 16.7. The van der Waals surface area contributed by atoms with Crippen LogP contribution in [0, 0.1) is 16.0 Å². The zero-order valence-electron chi connectivity index (χ0n) is 24.1. The van der Waals surface area contributed by atoms with Gasteiger partial charge in [-0.3, -0.25) is 19.5 Å². The van der Waals surface area contributed by atoms with Crippen LogP contribution in [0.4, 0.5) is 4.79 Å². The van der Waals surface area contributed by atoms with E-state index in [2.05, 4.69) is 4.98 Å². The van der Waals surface area contributed by atoms with E-state index >= 15 is 0 Å². The number of hydrogen-bond donors (Lipinski definition) is 2. The molecule has 0 bridgehead atoms. The van der Waals surface area contributed by atoms with Crippen molar-refractivity contribution < 1.29 is 34.1 Å². The highest BCUT2D eigenvalue weighted by Gasteiger charge is 2.58. The smallest absolute Gasteiger partial charge is 0.410 e. The van der Waals surface area contributed by atoms with Crippen LogP contribution in [0.2, 0.25) is 0 Å². The van der Waals surface area contributed by atoms with Crippen molar-refractivity contribution in [3.8, 4) is 0 Å². The molecule has 2 fully saturated rings. The largest absolute Gasteiger partial charge is 0.480 e. The Bertz CT molecular complexity index is 1560. The minimum Gasteiger partial charge on any atom is -0.480 e. The Labute approximate surface area is 252 Å². The summed E-state index contributed by atoms with van der Waals surface area (Å²) in [5.41, 5.74) is 4.17. The van der Waals surface area contributed by atoms with Crippen LogP contribution in [0.1, 0.15) is 37.3 Å². The molecule has 2 aliphatic heterocycles. The lowest BCUT2D eigenvalue weighted by atomic mass is 9.80. The van der Waals surface area contributed by atoms with E-state index in [0.717, 1.165) is 22.0 Å². The Morgan fingerprint density at radius 1 is 1.14 bits per heavy atom. The number of pyridine rings is 1. The van der Waals surface area contributed by atoms with Crippen molar-refractivity contribution in [2.45, 2.75) is 63.2 Å². The summed E-state index contributed by atoms with van der Waals surface area (Å²) < 4.78 is 5.21. The zero-order chi connectivity index (χ0) is 31.4. The summed E-state index contributed by atoms with van der Waals surface area (Å²) >= 11 is 0. The summed E-state index contributed by atoms with van der Waals surface area (Å²) in [6.07, 6.45) is 1.78. The number of para-hydroxylation sites is 1. The first-order valence-electron chi connectivity index (χ1n) is 14.5. The van der Waals surface area contributed by atoms with Crippen LogP contribution in [-0.2, 0) is 32.0 Å². The number of carboxylic acid groups (broad SMARTS) is 1. The van der Waals surface area contributed by atoms with E-state index in [0.29, 0.717) is 12.8 Å². The molecule has 0 saturated carbocycles. The number of ether oxygens (including phenoxy) is 1. The summed E-state index contributed by atoms with van der Waals surface area (Å²) in [4.78, 5) is 69.7. The number of aryl methyl sites for hydroxylation is 1. The molecule has 5 atom stereocenters. The summed E-state index contributed by atoms with van der Waals surface area (Å²) in [7, 11) is 0. The number of likely N-dealkylation sites (tertiary alicyclic amines) is 1. The average molecular weight is 604 g/mol. The van der Waals surface area contributed by atoms with E-state index in [1.54, 1.807) is 30.7 Å². The fourth-order valence-corrected chi connectivity index (χ4v) is 6.40. The molecule has 3 heterocycles. The molecule has 230 valence electrons. The fraction of sp³-hybridized carbons (Fsp3) is 0.387. The topological polar surface area (TPSA) is 172 Å². The molecule has 0 radical (unpaired) electrons. The zero-order valence-corrected chi connectivity index (χ0v) is 24.1. The quantitative estimate of drug-likeness (QED) is 0.169. The van der Waals surface area contributed by atoms with Crippen molar-refractivity contribution in [3.63, 3.8) is 0 Å². The number of aromatic nitrogens is 1. The number of cyclic esters (lactones) is 1. The van der Waals surface area contributed by atoms with Gasteiger partial charge in [0.25, 0.3) is 5.91 Å². The molecule has 2 saturated heterocycles. The number of hydrazine groups is 1. The van der Waals surface area contributed by atoms with Gasteiger partial charge in [0.2, 0.25) is 5.91 Å². The monoisotopic (exact) mass is 603 g/mol. The Kier molecular flexibility index (Phi) is 9.02. The number of nitrogens with one attached hydrogen (secondary N) is 1. The number of nitro groups is 1. The van der Waals surface area contributed by atoms with E-state index < -0.39 is 53.0 Å². The number of β-lactam (4-membered cyclic amide) rings is 1. The number of nitrogens with zero attached hydrogens (tertiary/aromatic N) is 4. The molecular weight excluding hydrogens is 570 g/mol. The van der Waals surface area contributed by atoms with Gasteiger partial charge in [0.1, 0.15) is 18.7 Å². The summed E-state index contributed by atoms with van der Waals surface area (Å²) in [6.45, 7) is 1.89. The van der Waals surface area contributed by atoms with Gasteiger partial charge in [-0.25, -0.2) is 19.7 Å². The van der Waals surface area contributed by atoms with E-state index in [1.165, 1.54) is 9.80 Å². The molecule has 0 spiro atoms. The number of fused-ring (bicyclic) bond motifs is 1. The highest BCUT2D eigenvalue weighted by Crippen LogP contribution is 2.38. The van der Waals surface area contributed by atoms with Crippen molar-refractivity contribution in [1.82, 2.24) is 20.2 Å². The number of carboxylic acids is 1. The van der Waals surface area contributed by atoms with Gasteiger partial charge in [0, 0.05) is 18.0 Å². The van der Waals surface area contributed by atoms with Crippen LogP contribution in [-0.4, -0.2) is 79.6 Å². The van der Waals surface area contributed by atoms with Crippen LogP contribution in [0.3, 0.4) is 0 Å². The van der Waals surface area contributed by atoms with Gasteiger partial charge < -0.3 is 14.7 Å². The maximum Gasteiger partial charge on any atom is 0.410 e. The number of amides is 3. The van der Waals surface area contributed by atoms with Crippen LogP contribution < -0.4 is 5.43 Å². The molecule has 44 heavy (non-hydrogen) atoms. The lowest BCUT2D eigenvalue weighted by Gasteiger charge is -2.54. The van der Waals surface area contributed by atoms with E-state index in [9.17, 15) is 34.4 Å². The van der Waals surface area contributed by atoms with Gasteiger partial charge in [-0.1, -0.05) is 54.0 Å². The predicted octanol–water partition coefficient (Wildman–Crippen LogP) is 2.99. The van der Waals surface area contributed by atoms with Crippen LogP contribution in [0.15, 0.2) is 66.9 Å². The number of carbonyl (C=O) groups is 4. The van der Waals surface area contributed by atoms with E-state index in [-0.39, 0.29) is 31.9 Å². The Morgan fingerprint density at radius 3 is 2.55 bits per heavy atom. The lowest BCUT2D eigenvalue weighted by molar-refractivity contribution is -0.530.